The first-order chi connectivity index (χ1) is 5.81. The predicted molar refractivity (Wildman–Crippen MR) is 53.3 cm³/mol. The van der Waals surface area contributed by atoms with E-state index in [1.807, 2.05) is 12.2 Å². The molecule has 1 unspecified atom stereocenters. The van der Waals surface area contributed by atoms with Crippen molar-refractivity contribution in [2.75, 3.05) is 19.8 Å². The molecule has 0 bridgehead atoms. The van der Waals surface area contributed by atoms with Crippen molar-refractivity contribution in [2.24, 2.45) is 0 Å². The molecule has 70 valence electrons. The van der Waals surface area contributed by atoms with E-state index in [9.17, 15) is 0 Å². The molecule has 0 aromatic heterocycles. The summed E-state index contributed by atoms with van der Waals surface area (Å²) in [5.41, 5.74) is 0. The molecule has 0 spiro atoms. The Morgan fingerprint density at radius 2 is 2.17 bits per heavy atom. The van der Waals surface area contributed by atoms with Crippen LogP contribution in [-0.4, -0.2) is 25.8 Å². The lowest BCUT2D eigenvalue weighted by Gasteiger charge is -2.08. The number of hydrogen-bond donors (Lipinski definition) is 1. The average molecular weight is 169 g/mol. The fraction of sp³-hybridized carbons (Fsp3) is 0.600. The van der Waals surface area contributed by atoms with Gasteiger partial charge in [0.25, 0.3) is 0 Å². The summed E-state index contributed by atoms with van der Waals surface area (Å²) in [6, 6.07) is 0.369. The van der Waals surface area contributed by atoms with E-state index in [4.69, 9.17) is 4.74 Å². The standard InChI is InChI=1S/C10H19NO/c1-4-6-8-12-9-7-11-10(3)5-2/h4-5,10-11H,1-2,6-9H2,3H3. The molecule has 0 saturated carbocycles. The Bertz CT molecular complexity index is 123. The molecule has 0 heterocycles. The maximum atomic E-state index is 5.30. The Morgan fingerprint density at radius 3 is 2.75 bits per heavy atom. The third-order valence-corrected chi connectivity index (χ3v) is 1.53. The van der Waals surface area contributed by atoms with Crippen LogP contribution in [0.3, 0.4) is 0 Å². The van der Waals surface area contributed by atoms with E-state index in [-0.39, 0.29) is 0 Å². The van der Waals surface area contributed by atoms with Crippen LogP contribution < -0.4 is 5.32 Å². The summed E-state index contributed by atoms with van der Waals surface area (Å²) in [7, 11) is 0. The highest BCUT2D eigenvalue weighted by molar-refractivity contribution is 4.80. The van der Waals surface area contributed by atoms with Crippen LogP contribution >= 0.6 is 0 Å². The minimum absolute atomic E-state index is 0.369. The number of nitrogens with one attached hydrogen (secondary N) is 1. The van der Waals surface area contributed by atoms with Gasteiger partial charge in [-0.15, -0.1) is 13.2 Å². The quantitative estimate of drug-likeness (QED) is 0.441. The van der Waals surface area contributed by atoms with Crippen molar-refractivity contribution in [3.8, 4) is 0 Å². The van der Waals surface area contributed by atoms with Gasteiger partial charge in [-0.2, -0.15) is 0 Å². The van der Waals surface area contributed by atoms with E-state index >= 15 is 0 Å². The first-order valence-electron chi connectivity index (χ1n) is 4.36. The fourth-order valence-corrected chi connectivity index (χ4v) is 0.711. The Kier molecular flexibility index (Phi) is 8.07. The molecule has 0 fully saturated rings. The van der Waals surface area contributed by atoms with Crippen molar-refractivity contribution < 1.29 is 4.74 Å². The minimum atomic E-state index is 0.369. The molecule has 2 heteroatoms. The van der Waals surface area contributed by atoms with Crippen molar-refractivity contribution in [2.45, 2.75) is 19.4 Å². The molecule has 0 aromatic rings. The van der Waals surface area contributed by atoms with E-state index < -0.39 is 0 Å². The summed E-state index contributed by atoms with van der Waals surface area (Å²) < 4.78 is 5.30. The lowest BCUT2D eigenvalue weighted by Crippen LogP contribution is -2.27. The highest BCUT2D eigenvalue weighted by Crippen LogP contribution is 1.83. The molecular weight excluding hydrogens is 150 g/mol. The lowest BCUT2D eigenvalue weighted by atomic mass is 10.3. The van der Waals surface area contributed by atoms with Gasteiger partial charge in [0.05, 0.1) is 13.2 Å². The van der Waals surface area contributed by atoms with E-state index in [2.05, 4.69) is 25.4 Å². The van der Waals surface area contributed by atoms with E-state index in [1.165, 1.54) is 0 Å². The topological polar surface area (TPSA) is 21.3 Å². The highest BCUT2D eigenvalue weighted by Gasteiger charge is 1.92. The molecule has 1 N–H and O–H groups in total. The highest BCUT2D eigenvalue weighted by atomic mass is 16.5. The van der Waals surface area contributed by atoms with Crippen LogP contribution in [-0.2, 0) is 4.74 Å². The molecule has 0 aliphatic rings. The summed E-state index contributed by atoms with van der Waals surface area (Å²) >= 11 is 0. The summed E-state index contributed by atoms with van der Waals surface area (Å²) in [4.78, 5) is 0. The molecule has 0 radical (unpaired) electrons. The zero-order chi connectivity index (χ0) is 9.23. The molecule has 0 saturated heterocycles. The lowest BCUT2D eigenvalue weighted by molar-refractivity contribution is 0.139. The van der Waals surface area contributed by atoms with Gasteiger partial charge in [-0.3, -0.25) is 0 Å². The molecular formula is C10H19NO. The predicted octanol–water partition coefficient (Wildman–Crippen LogP) is 1.74. The van der Waals surface area contributed by atoms with E-state index in [1.54, 1.807) is 0 Å². The molecule has 0 aliphatic heterocycles. The summed E-state index contributed by atoms with van der Waals surface area (Å²) in [6.45, 7) is 11.8. The Labute approximate surface area is 75.3 Å². The van der Waals surface area contributed by atoms with Crippen molar-refractivity contribution in [3.63, 3.8) is 0 Å². The van der Waals surface area contributed by atoms with Crippen LogP contribution in [0.15, 0.2) is 25.3 Å². The van der Waals surface area contributed by atoms with Crippen LogP contribution in [0, 0.1) is 0 Å². The first-order valence-corrected chi connectivity index (χ1v) is 4.36. The molecule has 0 aliphatic carbocycles. The molecule has 0 rings (SSSR count). The van der Waals surface area contributed by atoms with Gasteiger partial charge in [0.1, 0.15) is 0 Å². The zero-order valence-electron chi connectivity index (χ0n) is 7.88. The normalized spacial score (nSPS) is 12.4. The van der Waals surface area contributed by atoms with Gasteiger partial charge >= 0.3 is 0 Å². The molecule has 1 atom stereocenters. The third kappa shape index (κ3) is 7.51. The first kappa shape index (κ1) is 11.4. The van der Waals surface area contributed by atoms with Crippen LogP contribution in [0.25, 0.3) is 0 Å². The summed E-state index contributed by atoms with van der Waals surface area (Å²) in [5.74, 6) is 0. The molecule has 12 heavy (non-hydrogen) atoms. The third-order valence-electron chi connectivity index (χ3n) is 1.53. The summed E-state index contributed by atoms with van der Waals surface area (Å²) in [5, 5.41) is 3.24. The summed E-state index contributed by atoms with van der Waals surface area (Å²) in [6.07, 6.45) is 4.67. The Balaban J connectivity index is 2.99. The van der Waals surface area contributed by atoms with Crippen LogP contribution in [0.4, 0.5) is 0 Å². The maximum absolute atomic E-state index is 5.30. The van der Waals surface area contributed by atoms with Crippen molar-refractivity contribution >= 4 is 0 Å². The largest absolute Gasteiger partial charge is 0.380 e. The minimum Gasteiger partial charge on any atom is -0.380 e. The van der Waals surface area contributed by atoms with Gasteiger partial charge in [-0.05, 0) is 13.3 Å². The van der Waals surface area contributed by atoms with Crippen LogP contribution in [0.1, 0.15) is 13.3 Å². The van der Waals surface area contributed by atoms with Crippen molar-refractivity contribution in [1.29, 1.82) is 0 Å². The van der Waals surface area contributed by atoms with Gasteiger partial charge in [0.15, 0.2) is 0 Å². The second-order valence-corrected chi connectivity index (χ2v) is 2.67. The monoisotopic (exact) mass is 169 g/mol. The number of hydrogen-bond acceptors (Lipinski definition) is 2. The SMILES string of the molecule is C=CCCOCCNC(C)C=C. The number of ether oxygens (including phenoxy) is 1. The van der Waals surface area contributed by atoms with Gasteiger partial charge in [0.2, 0.25) is 0 Å². The molecule has 0 aromatic carbocycles. The Hall–Kier alpha value is -0.600. The van der Waals surface area contributed by atoms with Gasteiger partial charge in [-0.25, -0.2) is 0 Å². The van der Waals surface area contributed by atoms with Crippen LogP contribution in [0.2, 0.25) is 0 Å². The maximum Gasteiger partial charge on any atom is 0.0591 e. The molecule has 2 nitrogen and oxygen atoms in total. The van der Waals surface area contributed by atoms with Crippen molar-refractivity contribution in [1.82, 2.24) is 5.32 Å². The van der Waals surface area contributed by atoms with Crippen molar-refractivity contribution in [3.05, 3.63) is 25.3 Å². The fourth-order valence-electron chi connectivity index (χ4n) is 0.711. The second-order valence-electron chi connectivity index (χ2n) is 2.67. The zero-order valence-corrected chi connectivity index (χ0v) is 7.88. The number of rotatable bonds is 8. The smallest absolute Gasteiger partial charge is 0.0591 e. The average Bonchev–Trinajstić information content (AvgIpc) is 2.10. The van der Waals surface area contributed by atoms with E-state index in [0.29, 0.717) is 6.04 Å². The molecule has 0 amide bonds. The Morgan fingerprint density at radius 1 is 1.42 bits per heavy atom. The van der Waals surface area contributed by atoms with Gasteiger partial charge < -0.3 is 10.1 Å². The van der Waals surface area contributed by atoms with Gasteiger partial charge in [0, 0.05) is 12.6 Å². The van der Waals surface area contributed by atoms with Gasteiger partial charge in [-0.1, -0.05) is 12.2 Å². The van der Waals surface area contributed by atoms with Crippen LogP contribution in [0.5, 0.6) is 0 Å². The van der Waals surface area contributed by atoms with E-state index in [0.717, 1.165) is 26.2 Å². The second kappa shape index (κ2) is 8.50.